The van der Waals surface area contributed by atoms with Gasteiger partial charge in [0, 0.05) is 44.0 Å². The van der Waals surface area contributed by atoms with Crippen molar-refractivity contribution in [3.05, 3.63) is 29.8 Å². The first kappa shape index (κ1) is 21.0. The summed E-state index contributed by atoms with van der Waals surface area (Å²) in [4.78, 5) is 28.2. The van der Waals surface area contributed by atoms with Gasteiger partial charge < -0.3 is 30.1 Å². The molecule has 0 saturated carbocycles. The first-order valence-corrected chi connectivity index (χ1v) is 9.09. The summed E-state index contributed by atoms with van der Waals surface area (Å²) in [6.45, 7) is 7.10. The van der Waals surface area contributed by atoms with Gasteiger partial charge in [-0.1, -0.05) is 6.07 Å². The van der Waals surface area contributed by atoms with Crippen LogP contribution < -0.4 is 5.32 Å². The SMILES string of the molecule is CC(C)(C)OC(=O)N1CCN(C(=O)c2cccc(NCC(O)CO)c2)CC1. The summed E-state index contributed by atoms with van der Waals surface area (Å²) < 4.78 is 5.37. The van der Waals surface area contributed by atoms with Crippen molar-refractivity contribution in [2.24, 2.45) is 0 Å². The van der Waals surface area contributed by atoms with E-state index in [1.54, 1.807) is 34.1 Å². The van der Waals surface area contributed by atoms with Crippen molar-refractivity contribution >= 4 is 17.7 Å². The van der Waals surface area contributed by atoms with E-state index in [1.165, 1.54) is 0 Å². The maximum atomic E-state index is 12.7. The van der Waals surface area contributed by atoms with E-state index in [9.17, 15) is 14.7 Å². The molecule has 0 aromatic heterocycles. The van der Waals surface area contributed by atoms with Gasteiger partial charge >= 0.3 is 6.09 Å². The fourth-order valence-electron chi connectivity index (χ4n) is 2.66. The third-order valence-electron chi connectivity index (χ3n) is 4.08. The van der Waals surface area contributed by atoms with Crippen molar-refractivity contribution in [3.8, 4) is 0 Å². The maximum absolute atomic E-state index is 12.7. The summed E-state index contributed by atoms with van der Waals surface area (Å²) in [6.07, 6.45) is -1.21. The highest BCUT2D eigenvalue weighted by Crippen LogP contribution is 2.16. The highest BCUT2D eigenvalue weighted by atomic mass is 16.6. The van der Waals surface area contributed by atoms with Crippen molar-refractivity contribution in [2.75, 3.05) is 44.6 Å². The zero-order valence-corrected chi connectivity index (χ0v) is 16.1. The van der Waals surface area contributed by atoms with Crippen LogP contribution in [-0.2, 0) is 4.74 Å². The molecule has 1 atom stereocenters. The number of amides is 2. The molecule has 0 aliphatic carbocycles. The third-order valence-corrected chi connectivity index (χ3v) is 4.08. The number of carbonyl (C=O) groups excluding carboxylic acids is 2. The van der Waals surface area contributed by atoms with E-state index < -0.39 is 11.7 Å². The molecule has 1 saturated heterocycles. The fourth-order valence-corrected chi connectivity index (χ4v) is 2.66. The van der Waals surface area contributed by atoms with Gasteiger partial charge in [-0.3, -0.25) is 4.79 Å². The predicted molar refractivity (Wildman–Crippen MR) is 102 cm³/mol. The first-order chi connectivity index (χ1) is 12.7. The lowest BCUT2D eigenvalue weighted by Crippen LogP contribution is -2.51. The quantitative estimate of drug-likeness (QED) is 0.709. The number of ether oxygens (including phenoxy) is 1. The number of benzene rings is 1. The molecule has 2 amide bonds. The summed E-state index contributed by atoms with van der Waals surface area (Å²) in [5.41, 5.74) is 0.686. The third kappa shape index (κ3) is 6.41. The zero-order chi connectivity index (χ0) is 20.0. The minimum atomic E-state index is -0.856. The van der Waals surface area contributed by atoms with Crippen LogP contribution >= 0.6 is 0 Å². The second-order valence-corrected chi connectivity index (χ2v) is 7.56. The van der Waals surface area contributed by atoms with E-state index in [-0.39, 0.29) is 25.2 Å². The van der Waals surface area contributed by atoms with Crippen LogP contribution in [0.5, 0.6) is 0 Å². The van der Waals surface area contributed by atoms with Gasteiger partial charge in [0.15, 0.2) is 0 Å². The van der Waals surface area contributed by atoms with E-state index in [0.717, 1.165) is 0 Å². The van der Waals surface area contributed by atoms with E-state index in [4.69, 9.17) is 9.84 Å². The molecule has 1 heterocycles. The molecule has 27 heavy (non-hydrogen) atoms. The van der Waals surface area contributed by atoms with Gasteiger partial charge in [-0.2, -0.15) is 0 Å². The van der Waals surface area contributed by atoms with Crippen molar-refractivity contribution in [1.29, 1.82) is 0 Å². The molecular weight excluding hydrogens is 350 g/mol. The van der Waals surface area contributed by atoms with Gasteiger partial charge in [0.1, 0.15) is 5.60 Å². The lowest BCUT2D eigenvalue weighted by atomic mass is 10.1. The molecule has 2 rings (SSSR count). The topological polar surface area (TPSA) is 102 Å². The second kappa shape index (κ2) is 9.05. The number of aliphatic hydroxyl groups excluding tert-OH is 2. The summed E-state index contributed by atoms with van der Waals surface area (Å²) in [7, 11) is 0. The molecule has 8 heteroatoms. The summed E-state index contributed by atoms with van der Waals surface area (Å²) >= 11 is 0. The molecule has 8 nitrogen and oxygen atoms in total. The standard InChI is InChI=1S/C19H29N3O5/c1-19(2,3)27-18(26)22-9-7-21(8-10-22)17(25)14-5-4-6-15(11-14)20-12-16(24)13-23/h4-6,11,16,20,23-24H,7-10,12-13H2,1-3H3. The van der Waals surface area contributed by atoms with E-state index in [0.29, 0.717) is 37.4 Å². The van der Waals surface area contributed by atoms with Crippen molar-refractivity contribution < 1.29 is 24.5 Å². The van der Waals surface area contributed by atoms with Crippen LogP contribution in [0.4, 0.5) is 10.5 Å². The van der Waals surface area contributed by atoms with Gasteiger partial charge in [-0.25, -0.2) is 4.79 Å². The summed E-state index contributed by atoms with van der Waals surface area (Å²) in [6, 6.07) is 7.00. The lowest BCUT2D eigenvalue weighted by Gasteiger charge is -2.35. The van der Waals surface area contributed by atoms with Crippen molar-refractivity contribution in [2.45, 2.75) is 32.5 Å². The smallest absolute Gasteiger partial charge is 0.410 e. The fraction of sp³-hybridized carbons (Fsp3) is 0.579. The van der Waals surface area contributed by atoms with Crippen LogP contribution in [0.2, 0.25) is 0 Å². The molecule has 1 unspecified atom stereocenters. The molecule has 1 aliphatic rings. The molecule has 150 valence electrons. The van der Waals surface area contributed by atoms with Gasteiger partial charge in [-0.05, 0) is 39.0 Å². The Morgan fingerprint density at radius 3 is 2.41 bits per heavy atom. The molecule has 3 N–H and O–H groups in total. The Morgan fingerprint density at radius 2 is 1.81 bits per heavy atom. The molecule has 1 aromatic carbocycles. The van der Waals surface area contributed by atoms with Crippen LogP contribution in [0.1, 0.15) is 31.1 Å². The summed E-state index contributed by atoms with van der Waals surface area (Å²) in [5.74, 6) is -0.106. The Balaban J connectivity index is 1.91. The number of carbonyl (C=O) groups is 2. The Hall–Kier alpha value is -2.32. The van der Waals surface area contributed by atoms with Crippen LogP contribution in [0.15, 0.2) is 24.3 Å². The first-order valence-electron chi connectivity index (χ1n) is 9.09. The second-order valence-electron chi connectivity index (χ2n) is 7.56. The van der Waals surface area contributed by atoms with Gasteiger partial charge in [0.25, 0.3) is 5.91 Å². The average Bonchev–Trinajstić information content (AvgIpc) is 2.64. The van der Waals surface area contributed by atoms with E-state index in [1.807, 2.05) is 20.8 Å². The minimum Gasteiger partial charge on any atom is -0.444 e. The number of nitrogens with zero attached hydrogens (tertiary/aromatic N) is 2. The van der Waals surface area contributed by atoms with E-state index >= 15 is 0 Å². The number of hydrogen-bond donors (Lipinski definition) is 3. The van der Waals surface area contributed by atoms with Crippen molar-refractivity contribution in [3.63, 3.8) is 0 Å². The van der Waals surface area contributed by atoms with Crippen LogP contribution in [0.3, 0.4) is 0 Å². The molecule has 0 radical (unpaired) electrons. The van der Waals surface area contributed by atoms with Crippen LogP contribution in [0, 0.1) is 0 Å². The van der Waals surface area contributed by atoms with Gasteiger partial charge in [0.05, 0.1) is 12.7 Å². The van der Waals surface area contributed by atoms with Crippen LogP contribution in [-0.4, -0.2) is 83.0 Å². The number of hydrogen-bond acceptors (Lipinski definition) is 6. The number of rotatable bonds is 5. The number of aliphatic hydroxyl groups is 2. The average molecular weight is 379 g/mol. The highest BCUT2D eigenvalue weighted by molar-refractivity contribution is 5.95. The zero-order valence-electron chi connectivity index (χ0n) is 16.1. The molecule has 1 aromatic rings. The number of nitrogens with one attached hydrogen (secondary N) is 1. The van der Waals surface area contributed by atoms with Gasteiger partial charge in [-0.15, -0.1) is 0 Å². The molecule has 0 bridgehead atoms. The Kier molecular flexibility index (Phi) is 7.04. The molecule has 0 spiro atoms. The molecule has 1 fully saturated rings. The van der Waals surface area contributed by atoms with E-state index in [2.05, 4.69) is 5.32 Å². The Labute approximate surface area is 159 Å². The summed E-state index contributed by atoms with van der Waals surface area (Å²) in [5, 5.41) is 21.3. The normalized spacial score (nSPS) is 16.0. The maximum Gasteiger partial charge on any atom is 0.410 e. The number of piperazine rings is 1. The predicted octanol–water partition coefficient (Wildman–Crippen LogP) is 1.14. The minimum absolute atomic E-state index is 0.106. The Bertz CT molecular complexity index is 651. The molecular formula is C19H29N3O5. The largest absolute Gasteiger partial charge is 0.444 e. The van der Waals surface area contributed by atoms with Crippen molar-refractivity contribution in [1.82, 2.24) is 9.80 Å². The monoisotopic (exact) mass is 379 g/mol. The Morgan fingerprint density at radius 1 is 1.19 bits per heavy atom. The lowest BCUT2D eigenvalue weighted by molar-refractivity contribution is 0.0141. The highest BCUT2D eigenvalue weighted by Gasteiger charge is 2.28. The van der Waals surface area contributed by atoms with Gasteiger partial charge in [0.2, 0.25) is 0 Å². The molecule has 1 aliphatic heterocycles. The van der Waals surface area contributed by atoms with Crippen LogP contribution in [0.25, 0.3) is 0 Å². The number of anilines is 1.